The van der Waals surface area contributed by atoms with Crippen LogP contribution in [0.3, 0.4) is 0 Å². The van der Waals surface area contributed by atoms with Crippen molar-refractivity contribution in [3.8, 4) is 0 Å². The van der Waals surface area contributed by atoms with Crippen molar-refractivity contribution in [3.05, 3.63) is 23.0 Å². The molecule has 1 saturated heterocycles. The molecule has 1 aromatic rings. The van der Waals surface area contributed by atoms with E-state index in [1.54, 1.807) is 0 Å². The molecule has 0 aromatic carbocycles. The van der Waals surface area contributed by atoms with Crippen LogP contribution in [0.5, 0.6) is 0 Å². The Kier molecular flexibility index (Phi) is 5.50. The summed E-state index contributed by atoms with van der Waals surface area (Å²) < 4.78 is 2.20. The number of hydrogen-bond donors (Lipinski definition) is 0. The largest absolute Gasteiger partial charge is 0.346 e. The first-order chi connectivity index (χ1) is 10.9. The lowest BCUT2D eigenvalue weighted by Crippen LogP contribution is -2.50. The summed E-state index contributed by atoms with van der Waals surface area (Å²) in [5, 5.41) is 0. The van der Waals surface area contributed by atoms with Gasteiger partial charge in [0.2, 0.25) is 5.91 Å². The van der Waals surface area contributed by atoms with Crippen LogP contribution in [0.25, 0.3) is 0 Å². The maximum atomic E-state index is 12.8. The Hall–Kier alpha value is -1.78. The monoisotopic (exact) mass is 319 g/mol. The van der Waals surface area contributed by atoms with Gasteiger partial charge in [-0.05, 0) is 40.2 Å². The van der Waals surface area contributed by atoms with Gasteiger partial charge in [0.25, 0.3) is 5.91 Å². The predicted molar refractivity (Wildman–Crippen MR) is 91.7 cm³/mol. The number of carbonyl (C=O) groups is 2. The third-order valence-corrected chi connectivity index (χ3v) is 4.61. The molecule has 1 aliphatic heterocycles. The van der Waals surface area contributed by atoms with E-state index in [4.69, 9.17) is 0 Å². The van der Waals surface area contributed by atoms with Gasteiger partial charge in [0.15, 0.2) is 0 Å². The zero-order valence-electron chi connectivity index (χ0n) is 15.1. The summed E-state index contributed by atoms with van der Waals surface area (Å²) in [6.07, 6.45) is 1.47. The highest BCUT2D eigenvalue weighted by molar-refractivity contribution is 5.96. The van der Waals surface area contributed by atoms with Crippen LogP contribution in [0, 0.1) is 13.8 Å². The molecule has 2 amide bonds. The molecule has 0 N–H and O–H groups in total. The van der Waals surface area contributed by atoms with Gasteiger partial charge in [0, 0.05) is 50.0 Å². The van der Waals surface area contributed by atoms with Crippen molar-refractivity contribution in [2.24, 2.45) is 0 Å². The summed E-state index contributed by atoms with van der Waals surface area (Å²) in [6.45, 7) is 12.9. The average Bonchev–Trinajstić information content (AvgIpc) is 2.81. The highest BCUT2D eigenvalue weighted by atomic mass is 16.2. The van der Waals surface area contributed by atoms with Gasteiger partial charge >= 0.3 is 0 Å². The van der Waals surface area contributed by atoms with E-state index in [1.165, 1.54) is 0 Å². The van der Waals surface area contributed by atoms with Crippen LogP contribution >= 0.6 is 0 Å². The van der Waals surface area contributed by atoms with Crippen LogP contribution in [0.1, 0.15) is 61.4 Å². The third kappa shape index (κ3) is 3.59. The Bertz CT molecular complexity index is 581. The molecule has 1 aliphatic rings. The highest BCUT2D eigenvalue weighted by Crippen LogP contribution is 2.22. The maximum Gasteiger partial charge on any atom is 0.255 e. The molecule has 5 nitrogen and oxygen atoms in total. The van der Waals surface area contributed by atoms with Gasteiger partial charge in [0.05, 0.1) is 5.56 Å². The molecule has 0 aliphatic carbocycles. The number of aromatic nitrogens is 1. The van der Waals surface area contributed by atoms with Gasteiger partial charge in [-0.15, -0.1) is 0 Å². The van der Waals surface area contributed by atoms with Crippen LogP contribution in [-0.4, -0.2) is 52.4 Å². The lowest BCUT2D eigenvalue weighted by atomic mass is 10.2. The summed E-state index contributed by atoms with van der Waals surface area (Å²) in [5.41, 5.74) is 2.95. The van der Waals surface area contributed by atoms with Gasteiger partial charge in [-0.1, -0.05) is 6.92 Å². The molecule has 0 spiro atoms. The van der Waals surface area contributed by atoms with E-state index >= 15 is 0 Å². The van der Waals surface area contributed by atoms with E-state index in [0.29, 0.717) is 38.6 Å². The molecule has 23 heavy (non-hydrogen) atoms. The Morgan fingerprint density at radius 2 is 1.65 bits per heavy atom. The minimum absolute atomic E-state index is 0.0904. The second-order valence-electron chi connectivity index (χ2n) is 6.67. The normalized spacial score (nSPS) is 15.4. The van der Waals surface area contributed by atoms with Gasteiger partial charge < -0.3 is 14.4 Å². The van der Waals surface area contributed by atoms with E-state index in [0.717, 1.165) is 23.4 Å². The van der Waals surface area contributed by atoms with Gasteiger partial charge in [-0.2, -0.15) is 0 Å². The molecule has 5 heteroatoms. The van der Waals surface area contributed by atoms with Gasteiger partial charge in [0.1, 0.15) is 0 Å². The molecular formula is C18H29N3O2. The molecule has 0 bridgehead atoms. The number of hydrogen-bond acceptors (Lipinski definition) is 2. The van der Waals surface area contributed by atoms with Crippen molar-refractivity contribution in [2.45, 2.75) is 53.5 Å². The summed E-state index contributed by atoms with van der Waals surface area (Å²) in [4.78, 5) is 28.5. The third-order valence-electron chi connectivity index (χ3n) is 4.61. The molecule has 0 saturated carbocycles. The fraction of sp³-hybridized carbons (Fsp3) is 0.667. The number of carbonyl (C=O) groups excluding carboxylic acids is 2. The standard InChI is InChI=1S/C18H29N3O2/c1-6-7-17(22)19-8-10-20(11-9-19)18(23)16-12-14(4)21(13(2)3)15(16)5/h12-13H,6-11H2,1-5H3. The Balaban J connectivity index is 2.06. The summed E-state index contributed by atoms with van der Waals surface area (Å²) in [7, 11) is 0. The van der Waals surface area contributed by atoms with Crippen LogP contribution in [-0.2, 0) is 4.79 Å². The number of piperazine rings is 1. The molecule has 0 atom stereocenters. The number of amides is 2. The smallest absolute Gasteiger partial charge is 0.255 e. The topological polar surface area (TPSA) is 45.6 Å². The number of aryl methyl sites for hydroxylation is 1. The minimum Gasteiger partial charge on any atom is -0.346 e. The molecule has 128 valence electrons. The molecule has 1 fully saturated rings. The second-order valence-corrected chi connectivity index (χ2v) is 6.67. The first-order valence-electron chi connectivity index (χ1n) is 8.62. The van der Waals surface area contributed by atoms with Crippen LogP contribution in [0.2, 0.25) is 0 Å². The quantitative estimate of drug-likeness (QED) is 0.856. The SMILES string of the molecule is CCCC(=O)N1CCN(C(=O)c2cc(C)n(C(C)C)c2C)CC1. The lowest BCUT2D eigenvalue weighted by Gasteiger charge is -2.35. The zero-order chi connectivity index (χ0) is 17.1. The van der Waals surface area contributed by atoms with E-state index < -0.39 is 0 Å². The van der Waals surface area contributed by atoms with Crippen LogP contribution in [0.15, 0.2) is 6.07 Å². The number of rotatable bonds is 4. The van der Waals surface area contributed by atoms with Crippen molar-refractivity contribution in [3.63, 3.8) is 0 Å². The van der Waals surface area contributed by atoms with Gasteiger partial charge in [-0.25, -0.2) is 0 Å². The predicted octanol–water partition coefficient (Wildman–Crippen LogP) is 2.77. The molecular weight excluding hydrogens is 290 g/mol. The lowest BCUT2D eigenvalue weighted by molar-refractivity contribution is -0.132. The summed E-state index contributed by atoms with van der Waals surface area (Å²) in [5.74, 6) is 0.296. The second kappa shape index (κ2) is 7.20. The van der Waals surface area contributed by atoms with E-state index in [9.17, 15) is 9.59 Å². The van der Waals surface area contributed by atoms with Gasteiger partial charge in [-0.3, -0.25) is 9.59 Å². The Labute approximate surface area is 139 Å². The van der Waals surface area contributed by atoms with E-state index in [2.05, 4.69) is 18.4 Å². The van der Waals surface area contributed by atoms with E-state index in [1.807, 2.05) is 36.6 Å². The first-order valence-corrected chi connectivity index (χ1v) is 8.62. The van der Waals surface area contributed by atoms with Crippen molar-refractivity contribution in [1.82, 2.24) is 14.4 Å². The summed E-state index contributed by atoms with van der Waals surface area (Å²) >= 11 is 0. The zero-order valence-corrected chi connectivity index (χ0v) is 15.1. The van der Waals surface area contributed by atoms with Crippen LogP contribution in [0.4, 0.5) is 0 Å². The van der Waals surface area contributed by atoms with Crippen LogP contribution < -0.4 is 0 Å². The Morgan fingerprint density at radius 1 is 1.09 bits per heavy atom. The molecule has 0 radical (unpaired) electrons. The maximum absolute atomic E-state index is 12.8. The highest BCUT2D eigenvalue weighted by Gasteiger charge is 2.26. The fourth-order valence-corrected chi connectivity index (χ4v) is 3.49. The van der Waals surface area contributed by atoms with Crippen molar-refractivity contribution < 1.29 is 9.59 Å². The number of nitrogens with zero attached hydrogens (tertiary/aromatic N) is 3. The molecule has 1 aromatic heterocycles. The average molecular weight is 319 g/mol. The Morgan fingerprint density at radius 3 is 2.13 bits per heavy atom. The van der Waals surface area contributed by atoms with Crippen molar-refractivity contribution in [1.29, 1.82) is 0 Å². The fourth-order valence-electron chi connectivity index (χ4n) is 3.49. The van der Waals surface area contributed by atoms with Crippen molar-refractivity contribution >= 4 is 11.8 Å². The molecule has 2 heterocycles. The van der Waals surface area contributed by atoms with E-state index in [-0.39, 0.29) is 11.8 Å². The van der Waals surface area contributed by atoms with Crippen molar-refractivity contribution in [2.75, 3.05) is 26.2 Å². The molecule has 0 unspecified atom stereocenters. The first kappa shape index (κ1) is 17.6. The summed E-state index contributed by atoms with van der Waals surface area (Å²) in [6, 6.07) is 2.34. The minimum atomic E-state index is 0.0904. The molecule has 2 rings (SSSR count).